The summed E-state index contributed by atoms with van der Waals surface area (Å²) in [5, 5.41) is 7.30. The lowest BCUT2D eigenvalue weighted by molar-refractivity contribution is -0.127. The maximum absolute atomic E-state index is 12.3. The van der Waals surface area contributed by atoms with E-state index in [2.05, 4.69) is 15.5 Å². The highest BCUT2D eigenvalue weighted by Crippen LogP contribution is 2.22. The number of aromatic nitrogens is 2. The Kier molecular flexibility index (Phi) is 6.16. The van der Waals surface area contributed by atoms with Gasteiger partial charge in [-0.2, -0.15) is 4.98 Å². The van der Waals surface area contributed by atoms with E-state index in [9.17, 15) is 4.79 Å². The van der Waals surface area contributed by atoms with Crippen molar-refractivity contribution in [2.24, 2.45) is 0 Å². The Morgan fingerprint density at radius 3 is 2.82 bits per heavy atom. The number of aryl methyl sites for hydroxylation is 1. The Bertz CT molecular complexity index is 974. The Balaban J connectivity index is 1.57. The first-order valence-electron chi connectivity index (χ1n) is 8.64. The van der Waals surface area contributed by atoms with E-state index in [1.165, 1.54) is 0 Å². The molecule has 1 amide bonds. The number of rotatable bonds is 7. The monoisotopic (exact) mass is 401 g/mol. The molecule has 0 aliphatic rings. The fourth-order valence-corrected chi connectivity index (χ4v) is 2.58. The van der Waals surface area contributed by atoms with Gasteiger partial charge in [0.25, 0.3) is 5.91 Å². The van der Waals surface area contributed by atoms with Gasteiger partial charge in [0.2, 0.25) is 11.7 Å². The molecule has 1 heterocycles. The second-order valence-electron chi connectivity index (χ2n) is 6.13. The van der Waals surface area contributed by atoms with Crippen LogP contribution in [0, 0.1) is 6.92 Å². The average molecular weight is 402 g/mol. The molecule has 146 valence electrons. The second-order valence-corrected chi connectivity index (χ2v) is 6.54. The Morgan fingerprint density at radius 2 is 2.07 bits per heavy atom. The molecule has 0 aliphatic heterocycles. The molecule has 2 aromatic carbocycles. The minimum absolute atomic E-state index is 0.100. The van der Waals surface area contributed by atoms with E-state index in [0.29, 0.717) is 28.2 Å². The first kappa shape index (κ1) is 19.7. The largest absolute Gasteiger partial charge is 0.497 e. The highest BCUT2D eigenvalue weighted by molar-refractivity contribution is 6.31. The Morgan fingerprint density at radius 1 is 1.25 bits per heavy atom. The topological polar surface area (TPSA) is 86.5 Å². The molecule has 0 radical (unpaired) electrons. The van der Waals surface area contributed by atoms with Gasteiger partial charge >= 0.3 is 0 Å². The number of halogens is 1. The van der Waals surface area contributed by atoms with E-state index >= 15 is 0 Å². The maximum Gasteiger partial charge on any atom is 0.261 e. The van der Waals surface area contributed by atoms with E-state index in [0.717, 1.165) is 11.1 Å². The van der Waals surface area contributed by atoms with Crippen molar-refractivity contribution in [1.82, 2.24) is 15.5 Å². The third-order valence-corrected chi connectivity index (χ3v) is 4.45. The van der Waals surface area contributed by atoms with Crippen LogP contribution in [0.2, 0.25) is 5.02 Å². The van der Waals surface area contributed by atoms with Crippen molar-refractivity contribution in [3.8, 4) is 22.9 Å². The summed E-state index contributed by atoms with van der Waals surface area (Å²) in [6.45, 7) is 3.63. The number of carbonyl (C=O) groups excluding carboxylic acids is 1. The molecule has 0 fully saturated rings. The van der Waals surface area contributed by atoms with Gasteiger partial charge in [0.05, 0.1) is 13.7 Å². The standard InChI is InChI=1S/C20H20ClN3O4/c1-12-9-16(7-8-17(12)21)27-13(2)20(25)22-11-18-23-19(24-28-18)14-5-4-6-15(10-14)26-3/h4-10,13H,11H2,1-3H3,(H,22,25)/t13-/m0/s1. The van der Waals surface area contributed by atoms with Gasteiger partial charge in [-0.25, -0.2) is 0 Å². The van der Waals surface area contributed by atoms with Crippen molar-refractivity contribution < 1.29 is 18.8 Å². The molecule has 0 spiro atoms. The number of amides is 1. The van der Waals surface area contributed by atoms with Gasteiger partial charge in [-0.3, -0.25) is 4.79 Å². The van der Waals surface area contributed by atoms with Gasteiger partial charge in [0, 0.05) is 10.6 Å². The fourth-order valence-electron chi connectivity index (χ4n) is 2.46. The summed E-state index contributed by atoms with van der Waals surface area (Å²) >= 11 is 6.00. The van der Waals surface area contributed by atoms with Crippen molar-refractivity contribution >= 4 is 17.5 Å². The van der Waals surface area contributed by atoms with Crippen LogP contribution in [0.3, 0.4) is 0 Å². The summed E-state index contributed by atoms with van der Waals surface area (Å²) < 4.78 is 16.0. The first-order valence-corrected chi connectivity index (χ1v) is 9.01. The van der Waals surface area contributed by atoms with Crippen LogP contribution in [0.4, 0.5) is 0 Å². The summed E-state index contributed by atoms with van der Waals surface area (Å²) in [4.78, 5) is 16.6. The lowest BCUT2D eigenvalue weighted by atomic mass is 10.2. The van der Waals surface area contributed by atoms with Gasteiger partial charge < -0.3 is 19.3 Å². The SMILES string of the molecule is COc1cccc(-c2noc(CNC(=O)[C@H](C)Oc3ccc(Cl)c(C)c3)n2)c1. The van der Waals surface area contributed by atoms with E-state index < -0.39 is 6.10 Å². The minimum atomic E-state index is -0.693. The van der Waals surface area contributed by atoms with E-state index in [-0.39, 0.29) is 12.5 Å². The molecule has 3 rings (SSSR count). The van der Waals surface area contributed by atoms with Crippen LogP contribution in [0.25, 0.3) is 11.4 Å². The quantitative estimate of drug-likeness (QED) is 0.648. The minimum Gasteiger partial charge on any atom is -0.497 e. The lowest BCUT2D eigenvalue weighted by Crippen LogP contribution is -2.36. The summed E-state index contributed by atoms with van der Waals surface area (Å²) in [7, 11) is 1.59. The fraction of sp³-hybridized carbons (Fsp3) is 0.250. The average Bonchev–Trinajstić information content (AvgIpc) is 3.18. The molecule has 0 saturated carbocycles. The molecular formula is C20H20ClN3O4. The predicted molar refractivity (Wildman–Crippen MR) is 104 cm³/mol. The molecule has 0 saturated heterocycles. The van der Waals surface area contributed by atoms with E-state index in [4.69, 9.17) is 25.6 Å². The molecule has 3 aromatic rings. The molecule has 0 bridgehead atoms. The summed E-state index contributed by atoms with van der Waals surface area (Å²) in [5.41, 5.74) is 1.64. The van der Waals surface area contributed by atoms with Crippen LogP contribution in [0.1, 0.15) is 18.4 Å². The zero-order valence-electron chi connectivity index (χ0n) is 15.7. The van der Waals surface area contributed by atoms with Gasteiger partial charge in [0.15, 0.2) is 6.10 Å². The summed E-state index contributed by atoms with van der Waals surface area (Å²) in [6.07, 6.45) is -0.693. The zero-order chi connectivity index (χ0) is 20.1. The van der Waals surface area contributed by atoms with Crippen LogP contribution in [-0.4, -0.2) is 29.3 Å². The van der Waals surface area contributed by atoms with E-state index in [1.807, 2.05) is 25.1 Å². The summed E-state index contributed by atoms with van der Waals surface area (Å²) in [5.74, 6) is 1.68. The Labute approximate surface area is 167 Å². The highest BCUT2D eigenvalue weighted by atomic mass is 35.5. The first-order chi connectivity index (χ1) is 13.5. The Hall–Kier alpha value is -3.06. The molecule has 1 aromatic heterocycles. The van der Waals surface area contributed by atoms with Crippen molar-refractivity contribution in [3.05, 3.63) is 58.9 Å². The number of benzene rings is 2. The van der Waals surface area contributed by atoms with Crippen molar-refractivity contribution in [3.63, 3.8) is 0 Å². The van der Waals surface area contributed by atoms with Crippen LogP contribution < -0.4 is 14.8 Å². The van der Waals surface area contributed by atoms with Crippen LogP contribution in [-0.2, 0) is 11.3 Å². The van der Waals surface area contributed by atoms with Crippen molar-refractivity contribution in [2.75, 3.05) is 7.11 Å². The van der Waals surface area contributed by atoms with Gasteiger partial charge in [-0.05, 0) is 49.7 Å². The normalized spacial score (nSPS) is 11.7. The molecule has 1 atom stereocenters. The number of ether oxygens (including phenoxy) is 2. The van der Waals surface area contributed by atoms with Gasteiger partial charge in [-0.1, -0.05) is 28.9 Å². The number of nitrogens with zero attached hydrogens (tertiary/aromatic N) is 2. The van der Waals surface area contributed by atoms with Crippen LogP contribution in [0.15, 0.2) is 47.0 Å². The third kappa shape index (κ3) is 4.80. The molecule has 0 unspecified atom stereocenters. The number of hydrogen-bond acceptors (Lipinski definition) is 6. The highest BCUT2D eigenvalue weighted by Gasteiger charge is 2.17. The van der Waals surface area contributed by atoms with Crippen LogP contribution in [0.5, 0.6) is 11.5 Å². The summed E-state index contributed by atoms with van der Waals surface area (Å²) in [6, 6.07) is 12.5. The van der Waals surface area contributed by atoms with Gasteiger partial charge in [-0.15, -0.1) is 0 Å². The number of hydrogen-bond donors (Lipinski definition) is 1. The van der Waals surface area contributed by atoms with Crippen molar-refractivity contribution in [2.45, 2.75) is 26.5 Å². The van der Waals surface area contributed by atoms with E-state index in [1.54, 1.807) is 38.3 Å². The number of methoxy groups -OCH3 is 1. The molecule has 0 aliphatic carbocycles. The third-order valence-electron chi connectivity index (χ3n) is 4.02. The molecule has 8 heteroatoms. The smallest absolute Gasteiger partial charge is 0.261 e. The number of nitrogens with one attached hydrogen (secondary N) is 1. The lowest BCUT2D eigenvalue weighted by Gasteiger charge is -2.14. The number of carbonyl (C=O) groups is 1. The zero-order valence-corrected chi connectivity index (χ0v) is 16.5. The molecular weight excluding hydrogens is 382 g/mol. The molecule has 1 N–H and O–H groups in total. The van der Waals surface area contributed by atoms with Gasteiger partial charge in [0.1, 0.15) is 11.5 Å². The van der Waals surface area contributed by atoms with Crippen LogP contribution >= 0.6 is 11.6 Å². The van der Waals surface area contributed by atoms with Crippen molar-refractivity contribution in [1.29, 1.82) is 0 Å². The molecule has 28 heavy (non-hydrogen) atoms. The predicted octanol–water partition coefficient (Wildman–Crippen LogP) is 3.79. The molecule has 7 nitrogen and oxygen atoms in total. The maximum atomic E-state index is 12.3. The second kappa shape index (κ2) is 8.75.